The number of benzene rings is 1. The molecule has 0 radical (unpaired) electrons. The Morgan fingerprint density at radius 2 is 2.06 bits per heavy atom. The van der Waals surface area contributed by atoms with Gasteiger partial charge in [0.15, 0.2) is 0 Å². The van der Waals surface area contributed by atoms with E-state index in [0.29, 0.717) is 0 Å². The van der Waals surface area contributed by atoms with Crippen molar-refractivity contribution in [2.24, 2.45) is 5.73 Å². The Morgan fingerprint density at radius 3 is 2.56 bits per heavy atom. The van der Waals surface area contributed by atoms with Gasteiger partial charge >= 0.3 is 0 Å². The Morgan fingerprint density at radius 1 is 1.44 bits per heavy atom. The van der Waals surface area contributed by atoms with Crippen molar-refractivity contribution in [1.29, 1.82) is 0 Å². The van der Waals surface area contributed by atoms with Crippen LogP contribution >= 0.6 is 0 Å². The van der Waals surface area contributed by atoms with Crippen LogP contribution in [-0.2, 0) is 0 Å². The molecule has 0 heterocycles. The summed E-state index contributed by atoms with van der Waals surface area (Å²) in [5, 5.41) is 9.61. The van der Waals surface area contributed by atoms with Crippen molar-refractivity contribution in [2.45, 2.75) is 39.3 Å². The van der Waals surface area contributed by atoms with Crippen LogP contribution in [0.5, 0.6) is 5.75 Å². The smallest absolute Gasteiger partial charge is 0.124 e. The molecule has 3 nitrogen and oxygen atoms in total. The van der Waals surface area contributed by atoms with E-state index < -0.39 is 5.60 Å². The van der Waals surface area contributed by atoms with Crippen LogP contribution in [-0.4, -0.2) is 17.3 Å². The summed E-state index contributed by atoms with van der Waals surface area (Å²) in [7, 11) is 0. The summed E-state index contributed by atoms with van der Waals surface area (Å²) in [5.74, 6) is 0.753. The SMILES string of the molecule is Cc1ccc(OCC(C)(C)O)c([C@@H](C)N)c1. The van der Waals surface area contributed by atoms with Crippen molar-refractivity contribution in [3.63, 3.8) is 0 Å². The topological polar surface area (TPSA) is 55.5 Å². The Bertz CT molecular complexity index is 353. The predicted molar refractivity (Wildman–Crippen MR) is 65.6 cm³/mol. The number of nitrogens with two attached hydrogens (primary N) is 1. The van der Waals surface area contributed by atoms with Crippen LogP contribution < -0.4 is 10.5 Å². The summed E-state index contributed by atoms with van der Waals surface area (Å²) in [6.45, 7) is 7.63. The fraction of sp³-hybridized carbons (Fsp3) is 0.538. The fourth-order valence-electron chi connectivity index (χ4n) is 1.41. The Hall–Kier alpha value is -1.06. The van der Waals surface area contributed by atoms with Gasteiger partial charge in [-0.1, -0.05) is 17.7 Å². The van der Waals surface area contributed by atoms with Gasteiger partial charge in [-0.05, 0) is 33.8 Å². The lowest BCUT2D eigenvalue weighted by Gasteiger charge is -2.20. The predicted octanol–water partition coefficient (Wildman–Crippen LogP) is 2.16. The molecular weight excluding hydrogens is 202 g/mol. The lowest BCUT2D eigenvalue weighted by Crippen LogP contribution is -2.28. The van der Waals surface area contributed by atoms with Crippen LogP contribution in [0.15, 0.2) is 18.2 Å². The van der Waals surface area contributed by atoms with Crippen molar-refractivity contribution in [2.75, 3.05) is 6.61 Å². The van der Waals surface area contributed by atoms with E-state index in [0.717, 1.165) is 16.9 Å². The van der Waals surface area contributed by atoms with E-state index >= 15 is 0 Å². The molecule has 0 saturated carbocycles. The van der Waals surface area contributed by atoms with Crippen molar-refractivity contribution < 1.29 is 9.84 Å². The number of aryl methyl sites for hydroxylation is 1. The first kappa shape index (κ1) is 13.0. The van der Waals surface area contributed by atoms with Gasteiger partial charge in [0.2, 0.25) is 0 Å². The maximum absolute atomic E-state index is 9.61. The summed E-state index contributed by atoms with van der Waals surface area (Å²) >= 11 is 0. The first-order chi connectivity index (χ1) is 7.29. The zero-order valence-corrected chi connectivity index (χ0v) is 10.4. The van der Waals surface area contributed by atoms with Crippen molar-refractivity contribution >= 4 is 0 Å². The third kappa shape index (κ3) is 3.83. The van der Waals surface area contributed by atoms with E-state index in [-0.39, 0.29) is 12.6 Å². The average Bonchev–Trinajstić information content (AvgIpc) is 2.14. The van der Waals surface area contributed by atoms with E-state index in [4.69, 9.17) is 10.5 Å². The third-order valence-corrected chi connectivity index (χ3v) is 2.24. The Labute approximate surface area is 97.2 Å². The maximum atomic E-state index is 9.61. The van der Waals surface area contributed by atoms with Crippen molar-refractivity contribution in [3.05, 3.63) is 29.3 Å². The molecule has 0 fully saturated rings. The molecule has 0 spiro atoms. The highest BCUT2D eigenvalue weighted by Crippen LogP contribution is 2.25. The maximum Gasteiger partial charge on any atom is 0.124 e. The van der Waals surface area contributed by atoms with Gasteiger partial charge in [-0.25, -0.2) is 0 Å². The third-order valence-electron chi connectivity index (χ3n) is 2.24. The quantitative estimate of drug-likeness (QED) is 0.822. The highest BCUT2D eigenvalue weighted by molar-refractivity contribution is 5.38. The number of ether oxygens (including phenoxy) is 1. The van der Waals surface area contributed by atoms with Gasteiger partial charge in [0, 0.05) is 11.6 Å². The van der Waals surface area contributed by atoms with Crippen LogP contribution in [0.3, 0.4) is 0 Å². The minimum Gasteiger partial charge on any atom is -0.490 e. The Kier molecular flexibility index (Phi) is 3.94. The highest BCUT2D eigenvalue weighted by atomic mass is 16.5. The second-order valence-electron chi connectivity index (χ2n) is 4.93. The molecule has 0 aliphatic rings. The molecular formula is C13H21NO2. The number of hydrogen-bond donors (Lipinski definition) is 2. The summed E-state index contributed by atoms with van der Waals surface area (Å²) in [6.07, 6.45) is 0. The lowest BCUT2D eigenvalue weighted by molar-refractivity contribution is 0.0280. The summed E-state index contributed by atoms with van der Waals surface area (Å²) in [6, 6.07) is 5.83. The van der Waals surface area contributed by atoms with Crippen LogP contribution in [0, 0.1) is 6.92 Å². The van der Waals surface area contributed by atoms with Crippen molar-refractivity contribution in [3.8, 4) is 5.75 Å². The molecule has 0 aliphatic carbocycles. The number of aliphatic hydroxyl groups is 1. The van der Waals surface area contributed by atoms with Gasteiger partial charge in [0.25, 0.3) is 0 Å². The minimum absolute atomic E-state index is 0.0725. The largest absolute Gasteiger partial charge is 0.490 e. The van der Waals surface area contributed by atoms with E-state index in [2.05, 4.69) is 0 Å². The lowest BCUT2D eigenvalue weighted by atomic mass is 10.0. The molecule has 90 valence electrons. The van der Waals surface area contributed by atoms with Crippen LogP contribution in [0.2, 0.25) is 0 Å². The van der Waals surface area contributed by atoms with Gasteiger partial charge in [0.05, 0.1) is 5.60 Å². The molecule has 1 aromatic carbocycles. The molecule has 1 atom stereocenters. The summed E-state index contributed by atoms with van der Waals surface area (Å²) < 4.78 is 5.59. The van der Waals surface area contributed by atoms with E-state index in [1.165, 1.54) is 0 Å². The minimum atomic E-state index is -0.833. The van der Waals surface area contributed by atoms with E-state index in [1.54, 1.807) is 13.8 Å². The van der Waals surface area contributed by atoms with Gasteiger partial charge in [0.1, 0.15) is 12.4 Å². The van der Waals surface area contributed by atoms with Crippen LogP contribution in [0.4, 0.5) is 0 Å². The monoisotopic (exact) mass is 223 g/mol. The van der Waals surface area contributed by atoms with E-state index in [9.17, 15) is 5.11 Å². The molecule has 0 saturated heterocycles. The first-order valence-electron chi connectivity index (χ1n) is 5.51. The molecule has 0 aliphatic heterocycles. The van der Waals surface area contributed by atoms with E-state index in [1.807, 2.05) is 32.0 Å². The van der Waals surface area contributed by atoms with Gasteiger partial charge in [-0.2, -0.15) is 0 Å². The van der Waals surface area contributed by atoms with Gasteiger partial charge in [-0.15, -0.1) is 0 Å². The normalized spacial score (nSPS) is 13.6. The van der Waals surface area contributed by atoms with Crippen LogP contribution in [0.1, 0.15) is 37.9 Å². The fourth-order valence-corrected chi connectivity index (χ4v) is 1.41. The molecule has 3 heteroatoms. The Balaban J connectivity index is 2.87. The molecule has 0 amide bonds. The molecule has 3 N–H and O–H groups in total. The molecule has 1 aromatic rings. The molecule has 16 heavy (non-hydrogen) atoms. The molecule has 0 aromatic heterocycles. The van der Waals surface area contributed by atoms with Gasteiger partial charge < -0.3 is 15.6 Å². The van der Waals surface area contributed by atoms with Crippen molar-refractivity contribution in [1.82, 2.24) is 0 Å². The summed E-state index contributed by atoms with van der Waals surface area (Å²) in [5.41, 5.74) is 7.18. The summed E-state index contributed by atoms with van der Waals surface area (Å²) in [4.78, 5) is 0. The number of hydrogen-bond acceptors (Lipinski definition) is 3. The molecule has 1 rings (SSSR count). The molecule has 0 bridgehead atoms. The van der Waals surface area contributed by atoms with Gasteiger partial charge in [-0.3, -0.25) is 0 Å². The molecule has 0 unspecified atom stereocenters. The second-order valence-corrected chi connectivity index (χ2v) is 4.93. The average molecular weight is 223 g/mol. The van der Waals surface area contributed by atoms with Crippen LogP contribution in [0.25, 0.3) is 0 Å². The second kappa shape index (κ2) is 4.85. The highest BCUT2D eigenvalue weighted by Gasteiger charge is 2.15. The number of rotatable bonds is 4. The zero-order chi connectivity index (χ0) is 12.3. The standard InChI is InChI=1S/C13H21NO2/c1-9-5-6-12(11(7-9)10(2)14)16-8-13(3,4)15/h5-7,10,15H,8,14H2,1-4H3/t10-/m1/s1. The zero-order valence-electron chi connectivity index (χ0n) is 10.4. The first-order valence-corrected chi connectivity index (χ1v) is 5.51.